The Bertz CT molecular complexity index is 1150. The lowest BCUT2D eigenvalue weighted by atomic mass is 9.99. The van der Waals surface area contributed by atoms with Gasteiger partial charge in [-0.2, -0.15) is 13.2 Å². The number of alkyl halides is 3. The second-order valence-corrected chi connectivity index (χ2v) is 10.2. The minimum Gasteiger partial charge on any atom is -0.327 e. The molecule has 0 aliphatic carbocycles. The van der Waals surface area contributed by atoms with E-state index in [2.05, 4.69) is 15.4 Å². The van der Waals surface area contributed by atoms with Gasteiger partial charge < -0.3 is 10.6 Å². The van der Waals surface area contributed by atoms with Crippen molar-refractivity contribution < 1.29 is 26.4 Å². The molecule has 0 spiro atoms. The van der Waals surface area contributed by atoms with E-state index in [0.717, 1.165) is 12.1 Å². The van der Waals surface area contributed by atoms with Crippen molar-refractivity contribution in [3.05, 3.63) is 75.8 Å². The van der Waals surface area contributed by atoms with Crippen LogP contribution in [-0.4, -0.2) is 19.7 Å². The lowest BCUT2D eigenvalue weighted by Crippen LogP contribution is -2.40. The van der Waals surface area contributed by atoms with Crippen molar-refractivity contribution in [1.29, 1.82) is 0 Å². The summed E-state index contributed by atoms with van der Waals surface area (Å²) >= 11 is 6.31. The SMILES string of the molecule is CC(C)S(=O)(=O)NCc1ccc(Cl)c(C2=CC(c3ccc(C(F)(F)F)cc3)NC(=O)N2)c1. The summed E-state index contributed by atoms with van der Waals surface area (Å²) < 4.78 is 65.0. The van der Waals surface area contributed by atoms with E-state index in [9.17, 15) is 26.4 Å². The monoisotopic (exact) mass is 487 g/mol. The van der Waals surface area contributed by atoms with Gasteiger partial charge in [-0.25, -0.2) is 17.9 Å². The van der Waals surface area contributed by atoms with Gasteiger partial charge in [-0.05, 0) is 55.3 Å². The number of benzene rings is 2. The molecule has 2 aromatic rings. The number of sulfonamides is 1. The van der Waals surface area contributed by atoms with Crippen LogP contribution in [0.1, 0.15) is 42.1 Å². The molecule has 2 amide bonds. The molecule has 1 aliphatic rings. The van der Waals surface area contributed by atoms with Crippen molar-refractivity contribution in [3.63, 3.8) is 0 Å². The number of halogens is 4. The van der Waals surface area contributed by atoms with Crippen molar-refractivity contribution >= 4 is 33.4 Å². The molecule has 3 rings (SSSR count). The highest BCUT2D eigenvalue weighted by Gasteiger charge is 2.30. The summed E-state index contributed by atoms with van der Waals surface area (Å²) in [5.74, 6) is 0. The normalized spacial score (nSPS) is 17.0. The number of amides is 2. The highest BCUT2D eigenvalue weighted by molar-refractivity contribution is 7.90. The molecule has 1 atom stereocenters. The van der Waals surface area contributed by atoms with Crippen molar-refractivity contribution in [1.82, 2.24) is 15.4 Å². The molecule has 6 nitrogen and oxygen atoms in total. The lowest BCUT2D eigenvalue weighted by Gasteiger charge is -2.25. The summed E-state index contributed by atoms with van der Waals surface area (Å²) in [6.07, 6.45) is -2.82. The van der Waals surface area contributed by atoms with Crippen molar-refractivity contribution in [2.75, 3.05) is 0 Å². The maximum Gasteiger partial charge on any atom is 0.416 e. The van der Waals surface area contributed by atoms with Crippen LogP contribution < -0.4 is 15.4 Å². The van der Waals surface area contributed by atoms with Crippen LogP contribution in [0.3, 0.4) is 0 Å². The highest BCUT2D eigenvalue weighted by Crippen LogP contribution is 2.32. The highest BCUT2D eigenvalue weighted by atomic mass is 35.5. The van der Waals surface area contributed by atoms with Gasteiger partial charge in [0.25, 0.3) is 0 Å². The molecule has 1 heterocycles. The Morgan fingerprint density at radius 2 is 1.78 bits per heavy atom. The second-order valence-electron chi connectivity index (χ2n) is 7.51. The van der Waals surface area contributed by atoms with Gasteiger partial charge in [-0.15, -0.1) is 0 Å². The molecule has 32 heavy (non-hydrogen) atoms. The Balaban J connectivity index is 1.89. The molecule has 0 bridgehead atoms. The number of hydrogen-bond acceptors (Lipinski definition) is 3. The third-order valence-corrected chi connectivity index (χ3v) is 7.00. The minimum absolute atomic E-state index is 0.0342. The number of rotatable bonds is 6. The quantitative estimate of drug-likeness (QED) is 0.557. The van der Waals surface area contributed by atoms with Crippen LogP contribution >= 0.6 is 11.6 Å². The Morgan fingerprint density at radius 1 is 1.12 bits per heavy atom. The van der Waals surface area contributed by atoms with Crippen molar-refractivity contribution in [3.8, 4) is 0 Å². The second kappa shape index (κ2) is 9.13. The summed E-state index contributed by atoms with van der Waals surface area (Å²) in [6, 6.07) is 8.15. The first kappa shape index (κ1) is 24.1. The van der Waals surface area contributed by atoms with Gasteiger partial charge in [0.2, 0.25) is 10.0 Å². The zero-order valence-corrected chi connectivity index (χ0v) is 18.7. The van der Waals surface area contributed by atoms with Gasteiger partial charge in [0.1, 0.15) is 0 Å². The van der Waals surface area contributed by atoms with Crippen LogP contribution in [0.15, 0.2) is 48.5 Å². The molecule has 2 aromatic carbocycles. The molecule has 0 fully saturated rings. The number of urea groups is 1. The van der Waals surface area contributed by atoms with Gasteiger partial charge in [0.15, 0.2) is 0 Å². The fourth-order valence-corrected chi connectivity index (χ4v) is 3.93. The van der Waals surface area contributed by atoms with Gasteiger partial charge in [0.05, 0.1) is 16.9 Å². The first-order valence-corrected chi connectivity index (χ1v) is 11.5. The van der Waals surface area contributed by atoms with Gasteiger partial charge in [-0.1, -0.05) is 29.8 Å². The molecular weight excluding hydrogens is 467 g/mol. The Morgan fingerprint density at radius 3 is 2.38 bits per heavy atom. The van der Waals surface area contributed by atoms with Crippen LogP contribution in [0, 0.1) is 0 Å². The maximum atomic E-state index is 12.8. The molecule has 3 N–H and O–H groups in total. The first-order chi connectivity index (χ1) is 14.9. The number of carbonyl (C=O) groups excluding carboxylic acids is 1. The number of hydrogen-bond donors (Lipinski definition) is 3. The smallest absolute Gasteiger partial charge is 0.327 e. The Hall–Kier alpha value is -2.56. The van der Waals surface area contributed by atoms with E-state index in [1.54, 1.807) is 38.1 Å². The molecule has 1 unspecified atom stereocenters. The zero-order valence-electron chi connectivity index (χ0n) is 17.1. The summed E-state index contributed by atoms with van der Waals surface area (Å²) in [6.45, 7) is 3.16. The van der Waals surface area contributed by atoms with E-state index >= 15 is 0 Å². The fourth-order valence-electron chi connectivity index (χ4n) is 3.01. The lowest BCUT2D eigenvalue weighted by molar-refractivity contribution is -0.137. The van der Waals surface area contributed by atoms with Crippen LogP contribution in [0.25, 0.3) is 5.70 Å². The summed E-state index contributed by atoms with van der Waals surface area (Å²) in [7, 11) is -3.47. The third-order valence-electron chi connectivity index (χ3n) is 4.88. The average molecular weight is 488 g/mol. The van der Waals surface area contributed by atoms with Crippen LogP contribution in [0.4, 0.5) is 18.0 Å². The van der Waals surface area contributed by atoms with Gasteiger partial charge in [0, 0.05) is 22.8 Å². The summed E-state index contributed by atoms with van der Waals surface area (Å²) in [5, 5.41) is 5.00. The van der Waals surface area contributed by atoms with E-state index in [0.29, 0.717) is 27.4 Å². The van der Waals surface area contributed by atoms with Gasteiger partial charge in [-0.3, -0.25) is 0 Å². The molecule has 1 aliphatic heterocycles. The van der Waals surface area contributed by atoms with E-state index in [4.69, 9.17) is 11.6 Å². The Labute approximate surface area is 188 Å². The molecule has 0 radical (unpaired) electrons. The van der Waals surface area contributed by atoms with Crippen LogP contribution in [-0.2, 0) is 22.7 Å². The predicted molar refractivity (Wildman–Crippen MR) is 116 cm³/mol. The largest absolute Gasteiger partial charge is 0.416 e. The third kappa shape index (κ3) is 5.62. The summed E-state index contributed by atoms with van der Waals surface area (Å²) in [4.78, 5) is 12.2. The van der Waals surface area contributed by atoms with E-state index in [-0.39, 0.29) is 6.54 Å². The molecule has 0 saturated heterocycles. The molecule has 0 saturated carbocycles. The Kier molecular flexibility index (Phi) is 6.87. The van der Waals surface area contributed by atoms with E-state index < -0.39 is 39.1 Å². The predicted octanol–water partition coefficient (Wildman–Crippen LogP) is 4.58. The van der Waals surface area contributed by atoms with Crippen molar-refractivity contribution in [2.24, 2.45) is 0 Å². The van der Waals surface area contributed by atoms with E-state index in [1.165, 1.54) is 12.1 Å². The molecular formula is C21H21ClF3N3O3S. The standard InChI is InChI=1S/C21H21ClF3N3O3S/c1-12(2)32(30,31)26-11-13-3-8-17(22)16(9-13)19-10-18(27-20(29)28-19)14-4-6-15(7-5-14)21(23,24)25/h3-10,12,18,26H,11H2,1-2H3,(H2,27,28,29). The number of nitrogens with one attached hydrogen (secondary N) is 3. The minimum atomic E-state index is -4.46. The molecule has 11 heteroatoms. The van der Waals surface area contributed by atoms with E-state index in [1.807, 2.05) is 0 Å². The average Bonchev–Trinajstić information content (AvgIpc) is 2.72. The topological polar surface area (TPSA) is 87.3 Å². The molecule has 172 valence electrons. The summed E-state index contributed by atoms with van der Waals surface area (Å²) in [5.41, 5.74) is 1.11. The molecule has 0 aromatic heterocycles. The van der Waals surface area contributed by atoms with Crippen LogP contribution in [0.2, 0.25) is 5.02 Å². The first-order valence-electron chi connectivity index (χ1n) is 9.60. The fraction of sp³-hybridized carbons (Fsp3) is 0.286. The van der Waals surface area contributed by atoms with Crippen molar-refractivity contribution in [2.45, 2.75) is 37.9 Å². The van der Waals surface area contributed by atoms with Crippen LogP contribution in [0.5, 0.6) is 0 Å². The number of carbonyl (C=O) groups is 1. The maximum absolute atomic E-state index is 12.8. The zero-order chi connectivity index (χ0) is 23.7. The van der Waals surface area contributed by atoms with Gasteiger partial charge >= 0.3 is 12.2 Å².